The number of nitrogens with zero attached hydrogens (tertiary/aromatic N) is 1. The Morgan fingerprint density at radius 2 is 1.89 bits per heavy atom. The Morgan fingerprint density at radius 3 is 2.53 bits per heavy atom. The minimum Gasteiger partial charge on any atom is -0.455 e. The number of ether oxygens (including phenoxy) is 1. The Hall–Kier alpha value is -2.31. The van der Waals surface area contributed by atoms with Gasteiger partial charge in [0.25, 0.3) is 0 Å². The molecule has 0 spiro atoms. The highest BCUT2D eigenvalue weighted by Gasteiger charge is 2.34. The van der Waals surface area contributed by atoms with Gasteiger partial charge in [0.2, 0.25) is 0 Å². The molecule has 100 valence electrons. The van der Waals surface area contributed by atoms with Crippen LogP contribution in [0.4, 0.5) is 23.2 Å². The van der Waals surface area contributed by atoms with E-state index in [9.17, 15) is 17.6 Å². The lowest BCUT2D eigenvalue weighted by Crippen LogP contribution is -2.08. The average Bonchev–Trinajstić information content (AvgIpc) is 2.33. The number of nitrogens with two attached hydrogens (primary N) is 1. The second-order valence-corrected chi connectivity index (χ2v) is 3.65. The van der Waals surface area contributed by atoms with Gasteiger partial charge in [-0.2, -0.15) is 13.2 Å². The Balaban J connectivity index is 2.35. The number of hydrogen-bond acceptors (Lipinski definition) is 3. The minimum absolute atomic E-state index is 0.148. The molecule has 3 nitrogen and oxygen atoms in total. The summed E-state index contributed by atoms with van der Waals surface area (Å²) in [6.45, 7) is 0. The van der Waals surface area contributed by atoms with E-state index in [1.165, 1.54) is 18.5 Å². The predicted molar refractivity (Wildman–Crippen MR) is 60.1 cm³/mol. The van der Waals surface area contributed by atoms with Crippen molar-refractivity contribution in [1.29, 1.82) is 0 Å². The van der Waals surface area contributed by atoms with Crippen LogP contribution >= 0.6 is 0 Å². The molecule has 0 saturated heterocycles. The molecule has 0 unspecified atom stereocenters. The van der Waals surface area contributed by atoms with Crippen LogP contribution in [0.5, 0.6) is 11.5 Å². The van der Waals surface area contributed by atoms with Crippen LogP contribution in [0.25, 0.3) is 0 Å². The Kier molecular flexibility index (Phi) is 3.28. The number of rotatable bonds is 2. The molecule has 0 aliphatic rings. The Bertz CT molecular complexity index is 599. The summed E-state index contributed by atoms with van der Waals surface area (Å²) >= 11 is 0. The molecule has 0 bridgehead atoms. The summed E-state index contributed by atoms with van der Waals surface area (Å²) in [5.74, 6) is -1.37. The van der Waals surface area contributed by atoms with Gasteiger partial charge < -0.3 is 10.5 Å². The molecule has 2 N–H and O–H groups in total. The number of aromatic nitrogens is 1. The van der Waals surface area contributed by atoms with Crippen molar-refractivity contribution >= 4 is 5.69 Å². The van der Waals surface area contributed by atoms with Gasteiger partial charge in [0.15, 0.2) is 5.75 Å². The smallest absolute Gasteiger partial charge is 0.419 e. The summed E-state index contributed by atoms with van der Waals surface area (Å²) in [6, 6.07) is 3.75. The first-order valence-corrected chi connectivity index (χ1v) is 5.12. The van der Waals surface area contributed by atoms with Crippen molar-refractivity contribution in [3.63, 3.8) is 0 Å². The molecular formula is C12H8F4N2O. The van der Waals surface area contributed by atoms with Crippen LogP contribution in [0, 0.1) is 5.82 Å². The molecule has 2 aromatic rings. The van der Waals surface area contributed by atoms with Gasteiger partial charge >= 0.3 is 6.18 Å². The average molecular weight is 272 g/mol. The molecule has 19 heavy (non-hydrogen) atoms. The van der Waals surface area contributed by atoms with Gasteiger partial charge in [-0.3, -0.25) is 4.98 Å². The number of anilines is 1. The van der Waals surface area contributed by atoms with Crippen LogP contribution < -0.4 is 10.5 Å². The van der Waals surface area contributed by atoms with E-state index in [0.717, 1.165) is 6.07 Å². The molecule has 0 atom stereocenters. The molecule has 1 aromatic heterocycles. The van der Waals surface area contributed by atoms with Gasteiger partial charge in [0.1, 0.15) is 11.6 Å². The normalized spacial score (nSPS) is 11.4. The molecular weight excluding hydrogens is 264 g/mol. The summed E-state index contributed by atoms with van der Waals surface area (Å²) < 4.78 is 55.8. The fraction of sp³-hybridized carbons (Fsp3) is 0.0833. The van der Waals surface area contributed by atoms with E-state index in [-0.39, 0.29) is 17.2 Å². The van der Waals surface area contributed by atoms with Crippen LogP contribution in [0.1, 0.15) is 5.56 Å². The van der Waals surface area contributed by atoms with Crippen LogP contribution in [0.3, 0.4) is 0 Å². The highest BCUT2D eigenvalue weighted by atomic mass is 19.4. The van der Waals surface area contributed by atoms with E-state index in [4.69, 9.17) is 10.5 Å². The van der Waals surface area contributed by atoms with Crippen molar-refractivity contribution in [3.05, 3.63) is 48.0 Å². The number of halogens is 4. The number of benzene rings is 1. The minimum atomic E-state index is -4.78. The largest absolute Gasteiger partial charge is 0.455 e. The Labute approximate surface area is 105 Å². The number of pyridine rings is 1. The summed E-state index contributed by atoms with van der Waals surface area (Å²) in [7, 11) is 0. The summed E-state index contributed by atoms with van der Waals surface area (Å²) in [5.41, 5.74) is 4.31. The van der Waals surface area contributed by atoms with Crippen molar-refractivity contribution in [2.75, 3.05) is 5.73 Å². The first kappa shape index (κ1) is 13.1. The molecule has 0 saturated carbocycles. The number of alkyl halides is 3. The summed E-state index contributed by atoms with van der Waals surface area (Å²) in [4.78, 5) is 3.71. The SMILES string of the molecule is Nc1cnccc1Oc1ccc(F)c(C(F)(F)F)c1. The lowest BCUT2D eigenvalue weighted by Gasteiger charge is -2.11. The molecule has 7 heteroatoms. The first-order chi connectivity index (χ1) is 8.88. The van der Waals surface area contributed by atoms with Gasteiger partial charge in [-0.25, -0.2) is 4.39 Å². The third-order valence-electron chi connectivity index (χ3n) is 2.28. The fourth-order valence-corrected chi connectivity index (χ4v) is 1.40. The van der Waals surface area contributed by atoms with Crippen molar-refractivity contribution in [2.24, 2.45) is 0 Å². The molecule has 1 heterocycles. The van der Waals surface area contributed by atoms with E-state index in [1.54, 1.807) is 0 Å². The van der Waals surface area contributed by atoms with E-state index in [0.29, 0.717) is 12.1 Å². The zero-order chi connectivity index (χ0) is 14.0. The van der Waals surface area contributed by atoms with Crippen LogP contribution in [-0.4, -0.2) is 4.98 Å². The van der Waals surface area contributed by atoms with E-state index in [2.05, 4.69) is 4.98 Å². The maximum absolute atomic E-state index is 13.1. The second-order valence-electron chi connectivity index (χ2n) is 3.65. The third-order valence-corrected chi connectivity index (χ3v) is 2.28. The number of hydrogen-bond donors (Lipinski definition) is 1. The van der Waals surface area contributed by atoms with E-state index in [1.807, 2.05) is 0 Å². The quantitative estimate of drug-likeness (QED) is 0.849. The summed E-state index contributed by atoms with van der Waals surface area (Å²) in [5, 5.41) is 0. The molecule has 0 fully saturated rings. The zero-order valence-electron chi connectivity index (χ0n) is 9.41. The third kappa shape index (κ3) is 2.93. The van der Waals surface area contributed by atoms with Crippen LogP contribution in [0.2, 0.25) is 0 Å². The molecule has 2 rings (SSSR count). The zero-order valence-corrected chi connectivity index (χ0v) is 9.41. The molecule has 1 aromatic carbocycles. The van der Waals surface area contributed by atoms with Crippen LogP contribution in [0.15, 0.2) is 36.7 Å². The van der Waals surface area contributed by atoms with Crippen molar-refractivity contribution in [2.45, 2.75) is 6.18 Å². The van der Waals surface area contributed by atoms with Crippen molar-refractivity contribution in [1.82, 2.24) is 4.98 Å². The standard InChI is InChI=1S/C12H8F4N2O/c13-9-2-1-7(5-8(9)12(14,15)16)19-11-3-4-18-6-10(11)17/h1-6H,17H2. The van der Waals surface area contributed by atoms with Crippen molar-refractivity contribution in [3.8, 4) is 11.5 Å². The maximum Gasteiger partial charge on any atom is 0.419 e. The molecule has 0 amide bonds. The van der Waals surface area contributed by atoms with E-state index < -0.39 is 17.6 Å². The highest BCUT2D eigenvalue weighted by molar-refractivity contribution is 5.51. The van der Waals surface area contributed by atoms with Crippen LogP contribution in [-0.2, 0) is 6.18 Å². The molecule has 0 aliphatic carbocycles. The van der Waals surface area contributed by atoms with Gasteiger partial charge in [-0.1, -0.05) is 0 Å². The lowest BCUT2D eigenvalue weighted by atomic mass is 10.2. The summed E-state index contributed by atoms with van der Waals surface area (Å²) in [6.07, 6.45) is -2.11. The maximum atomic E-state index is 13.1. The topological polar surface area (TPSA) is 48.1 Å². The fourth-order valence-electron chi connectivity index (χ4n) is 1.40. The number of nitrogen functional groups attached to an aromatic ring is 1. The first-order valence-electron chi connectivity index (χ1n) is 5.12. The second kappa shape index (κ2) is 4.75. The van der Waals surface area contributed by atoms with Gasteiger partial charge in [-0.15, -0.1) is 0 Å². The Morgan fingerprint density at radius 1 is 1.16 bits per heavy atom. The van der Waals surface area contributed by atoms with Crippen molar-refractivity contribution < 1.29 is 22.3 Å². The van der Waals surface area contributed by atoms with Gasteiger partial charge in [-0.05, 0) is 18.2 Å². The molecule has 0 aliphatic heterocycles. The monoisotopic (exact) mass is 272 g/mol. The van der Waals surface area contributed by atoms with Gasteiger partial charge in [0, 0.05) is 12.3 Å². The lowest BCUT2D eigenvalue weighted by molar-refractivity contribution is -0.140. The van der Waals surface area contributed by atoms with E-state index >= 15 is 0 Å². The molecule has 0 radical (unpaired) electrons. The highest BCUT2D eigenvalue weighted by Crippen LogP contribution is 2.35. The predicted octanol–water partition coefficient (Wildman–Crippen LogP) is 3.61. The van der Waals surface area contributed by atoms with Gasteiger partial charge in [0.05, 0.1) is 17.4 Å².